The van der Waals surface area contributed by atoms with Gasteiger partial charge in [-0.3, -0.25) is 0 Å². The Bertz CT molecular complexity index is 540. The molecule has 1 aromatic rings. The number of piperidine rings is 1. The summed E-state index contributed by atoms with van der Waals surface area (Å²) in [6.07, 6.45) is 3.75. The molecule has 0 aliphatic carbocycles. The lowest BCUT2D eigenvalue weighted by atomic mass is 9.99. The fraction of sp³-hybridized carbons (Fsp3) is 0.533. The lowest BCUT2D eigenvalue weighted by Gasteiger charge is -2.29. The van der Waals surface area contributed by atoms with Gasteiger partial charge >= 0.3 is 0 Å². The molecule has 2 heterocycles. The second kappa shape index (κ2) is 6.47. The van der Waals surface area contributed by atoms with Gasteiger partial charge in [-0.05, 0) is 18.8 Å². The van der Waals surface area contributed by atoms with Gasteiger partial charge in [-0.15, -0.1) is 0 Å². The SMILES string of the molecule is CC(C)C#Cc1nc(N2CCC(C=O)CC2)ncc1F. The fourth-order valence-corrected chi connectivity index (χ4v) is 2.05. The first-order chi connectivity index (χ1) is 9.60. The summed E-state index contributed by atoms with van der Waals surface area (Å²) < 4.78 is 13.6. The van der Waals surface area contributed by atoms with Crippen LogP contribution in [0, 0.1) is 29.5 Å². The highest BCUT2D eigenvalue weighted by Crippen LogP contribution is 2.19. The highest BCUT2D eigenvalue weighted by Gasteiger charge is 2.21. The third-order valence-corrected chi connectivity index (χ3v) is 3.23. The Labute approximate surface area is 118 Å². The van der Waals surface area contributed by atoms with Crippen LogP contribution in [0.25, 0.3) is 0 Å². The van der Waals surface area contributed by atoms with Crippen molar-refractivity contribution in [2.45, 2.75) is 26.7 Å². The fourth-order valence-electron chi connectivity index (χ4n) is 2.05. The van der Waals surface area contributed by atoms with Crippen LogP contribution in [0.3, 0.4) is 0 Å². The molecule has 0 unspecified atom stereocenters. The summed E-state index contributed by atoms with van der Waals surface area (Å²) in [5, 5.41) is 0. The molecular formula is C15H18FN3O. The number of halogens is 1. The Kier molecular flexibility index (Phi) is 4.67. The summed E-state index contributed by atoms with van der Waals surface area (Å²) in [5.41, 5.74) is 0.140. The third-order valence-electron chi connectivity index (χ3n) is 3.23. The summed E-state index contributed by atoms with van der Waals surface area (Å²) in [6, 6.07) is 0. The number of hydrogen-bond acceptors (Lipinski definition) is 4. The molecule has 4 nitrogen and oxygen atoms in total. The van der Waals surface area contributed by atoms with Gasteiger partial charge in [-0.1, -0.05) is 19.8 Å². The third kappa shape index (κ3) is 3.53. The topological polar surface area (TPSA) is 46.1 Å². The first-order valence-corrected chi connectivity index (χ1v) is 6.84. The molecule has 1 aromatic heterocycles. The van der Waals surface area contributed by atoms with Crippen molar-refractivity contribution >= 4 is 12.2 Å². The Morgan fingerprint density at radius 2 is 2.15 bits per heavy atom. The van der Waals surface area contributed by atoms with Crippen molar-refractivity contribution in [3.05, 3.63) is 17.7 Å². The normalized spacial score (nSPS) is 15.9. The van der Waals surface area contributed by atoms with Gasteiger partial charge in [0.25, 0.3) is 0 Å². The van der Waals surface area contributed by atoms with Crippen LogP contribution >= 0.6 is 0 Å². The van der Waals surface area contributed by atoms with E-state index in [0.29, 0.717) is 19.0 Å². The first kappa shape index (κ1) is 14.4. The van der Waals surface area contributed by atoms with Crippen molar-refractivity contribution in [3.8, 4) is 11.8 Å². The van der Waals surface area contributed by atoms with Crippen molar-refractivity contribution in [1.29, 1.82) is 0 Å². The van der Waals surface area contributed by atoms with Crippen molar-refractivity contribution in [1.82, 2.24) is 9.97 Å². The molecule has 0 radical (unpaired) electrons. The summed E-state index contributed by atoms with van der Waals surface area (Å²) in [5.74, 6) is 5.93. The van der Waals surface area contributed by atoms with Gasteiger partial charge in [0.15, 0.2) is 11.5 Å². The maximum absolute atomic E-state index is 13.6. The molecule has 1 saturated heterocycles. The summed E-state index contributed by atoms with van der Waals surface area (Å²) in [7, 11) is 0. The second-order valence-corrected chi connectivity index (χ2v) is 5.25. The van der Waals surface area contributed by atoms with E-state index in [2.05, 4.69) is 21.8 Å². The summed E-state index contributed by atoms with van der Waals surface area (Å²) in [4.78, 5) is 20.9. The van der Waals surface area contributed by atoms with E-state index in [1.165, 1.54) is 6.20 Å². The zero-order valence-electron chi connectivity index (χ0n) is 11.8. The highest BCUT2D eigenvalue weighted by molar-refractivity contribution is 5.54. The van der Waals surface area contributed by atoms with Crippen LogP contribution in [0.5, 0.6) is 0 Å². The molecule has 0 saturated carbocycles. The predicted molar refractivity (Wildman–Crippen MR) is 74.7 cm³/mol. The Hall–Kier alpha value is -1.96. The van der Waals surface area contributed by atoms with E-state index in [1.807, 2.05) is 18.7 Å². The van der Waals surface area contributed by atoms with Crippen LogP contribution in [0.1, 0.15) is 32.4 Å². The number of anilines is 1. The van der Waals surface area contributed by atoms with Crippen LogP contribution in [0.15, 0.2) is 6.20 Å². The van der Waals surface area contributed by atoms with E-state index in [-0.39, 0.29) is 17.5 Å². The first-order valence-electron chi connectivity index (χ1n) is 6.84. The number of rotatable bonds is 2. The summed E-state index contributed by atoms with van der Waals surface area (Å²) in [6.45, 7) is 5.31. The standard InChI is InChI=1S/C15H18FN3O/c1-11(2)3-4-14-13(16)9-17-15(18-14)19-7-5-12(10-20)6-8-19/h9-12H,5-8H2,1-2H3. The van der Waals surface area contributed by atoms with Gasteiger partial charge in [-0.2, -0.15) is 0 Å². The molecule has 0 N–H and O–H groups in total. The molecule has 5 heteroatoms. The highest BCUT2D eigenvalue weighted by atomic mass is 19.1. The quantitative estimate of drug-likeness (QED) is 0.612. The van der Waals surface area contributed by atoms with Gasteiger partial charge in [-0.25, -0.2) is 14.4 Å². The smallest absolute Gasteiger partial charge is 0.226 e. The lowest BCUT2D eigenvalue weighted by Crippen LogP contribution is -2.35. The van der Waals surface area contributed by atoms with Gasteiger partial charge in [0.05, 0.1) is 6.20 Å². The van der Waals surface area contributed by atoms with Gasteiger partial charge in [0.1, 0.15) is 6.29 Å². The number of hydrogen-bond donors (Lipinski definition) is 0. The second-order valence-electron chi connectivity index (χ2n) is 5.25. The van der Waals surface area contributed by atoms with Crippen molar-refractivity contribution in [2.75, 3.05) is 18.0 Å². The van der Waals surface area contributed by atoms with Crippen LogP contribution in [-0.2, 0) is 4.79 Å². The average molecular weight is 275 g/mol. The maximum atomic E-state index is 13.6. The molecule has 1 fully saturated rings. The molecule has 0 aromatic carbocycles. The van der Waals surface area contributed by atoms with Crippen molar-refractivity contribution in [2.24, 2.45) is 11.8 Å². The molecular weight excluding hydrogens is 257 g/mol. The molecule has 0 atom stereocenters. The van der Waals surface area contributed by atoms with Gasteiger partial charge in [0, 0.05) is 24.9 Å². The Morgan fingerprint density at radius 3 is 2.75 bits per heavy atom. The van der Waals surface area contributed by atoms with E-state index in [0.717, 1.165) is 19.1 Å². The minimum atomic E-state index is -0.496. The van der Waals surface area contributed by atoms with E-state index < -0.39 is 5.82 Å². The van der Waals surface area contributed by atoms with E-state index in [9.17, 15) is 9.18 Å². The summed E-state index contributed by atoms with van der Waals surface area (Å²) >= 11 is 0. The lowest BCUT2D eigenvalue weighted by molar-refractivity contribution is -0.111. The van der Waals surface area contributed by atoms with E-state index >= 15 is 0 Å². The number of aldehydes is 1. The zero-order valence-corrected chi connectivity index (χ0v) is 11.8. The molecule has 20 heavy (non-hydrogen) atoms. The largest absolute Gasteiger partial charge is 0.341 e. The van der Waals surface area contributed by atoms with E-state index in [1.54, 1.807) is 0 Å². The van der Waals surface area contributed by atoms with E-state index in [4.69, 9.17) is 0 Å². The van der Waals surface area contributed by atoms with Crippen molar-refractivity contribution < 1.29 is 9.18 Å². The molecule has 2 rings (SSSR count). The number of aromatic nitrogens is 2. The Morgan fingerprint density at radius 1 is 1.45 bits per heavy atom. The molecule has 0 amide bonds. The monoisotopic (exact) mass is 275 g/mol. The number of carbonyl (C=O) groups excluding carboxylic acids is 1. The molecule has 1 aliphatic rings. The van der Waals surface area contributed by atoms with Crippen molar-refractivity contribution in [3.63, 3.8) is 0 Å². The molecule has 0 bridgehead atoms. The predicted octanol–water partition coefficient (Wildman–Crippen LogP) is 2.04. The average Bonchev–Trinajstić information content (AvgIpc) is 2.46. The number of nitrogens with zero attached hydrogens (tertiary/aromatic N) is 3. The minimum Gasteiger partial charge on any atom is -0.341 e. The van der Waals surface area contributed by atoms with Crippen LogP contribution < -0.4 is 4.90 Å². The van der Waals surface area contributed by atoms with Crippen LogP contribution in [0.2, 0.25) is 0 Å². The van der Waals surface area contributed by atoms with Gasteiger partial charge in [0.2, 0.25) is 5.95 Å². The van der Waals surface area contributed by atoms with Crippen LogP contribution in [0.4, 0.5) is 10.3 Å². The zero-order chi connectivity index (χ0) is 14.5. The molecule has 1 aliphatic heterocycles. The maximum Gasteiger partial charge on any atom is 0.226 e. The number of carbonyl (C=O) groups is 1. The van der Waals surface area contributed by atoms with Gasteiger partial charge < -0.3 is 9.69 Å². The molecule has 0 spiro atoms. The minimum absolute atomic E-state index is 0.118. The Balaban J connectivity index is 2.16. The molecule has 106 valence electrons. The van der Waals surface area contributed by atoms with Crippen LogP contribution in [-0.4, -0.2) is 29.3 Å².